The second-order valence-electron chi connectivity index (χ2n) is 7.77. The highest BCUT2D eigenvalue weighted by atomic mass is 16.5. The van der Waals surface area contributed by atoms with Gasteiger partial charge in [0.05, 0.1) is 23.6 Å². The summed E-state index contributed by atoms with van der Waals surface area (Å²) in [5.74, 6) is 3.00. The fourth-order valence-electron chi connectivity index (χ4n) is 3.74. The number of aryl methyl sites for hydroxylation is 3. The Bertz CT molecular complexity index is 989. The van der Waals surface area contributed by atoms with Crippen molar-refractivity contribution in [2.75, 3.05) is 13.1 Å². The van der Waals surface area contributed by atoms with E-state index in [0.29, 0.717) is 31.3 Å². The van der Waals surface area contributed by atoms with E-state index in [1.807, 2.05) is 43.0 Å². The largest absolute Gasteiger partial charge is 0.489 e. The molecule has 1 aliphatic heterocycles. The third-order valence-corrected chi connectivity index (χ3v) is 5.51. The first-order chi connectivity index (χ1) is 14.5. The maximum atomic E-state index is 12.8. The summed E-state index contributed by atoms with van der Waals surface area (Å²) >= 11 is 0. The van der Waals surface area contributed by atoms with E-state index in [1.54, 1.807) is 6.92 Å². The fourth-order valence-corrected chi connectivity index (χ4v) is 3.74. The molecule has 158 valence electrons. The summed E-state index contributed by atoms with van der Waals surface area (Å²) in [6.45, 7) is 7.37. The van der Waals surface area contributed by atoms with Crippen LogP contribution in [0.3, 0.4) is 0 Å². The van der Waals surface area contributed by atoms with E-state index in [0.717, 1.165) is 47.7 Å². The van der Waals surface area contributed by atoms with E-state index in [-0.39, 0.29) is 11.8 Å². The molecular formula is C22H26N4O4. The van der Waals surface area contributed by atoms with Crippen molar-refractivity contribution in [2.24, 2.45) is 0 Å². The zero-order valence-electron chi connectivity index (χ0n) is 17.6. The molecule has 0 bridgehead atoms. The standard InChI is InChI=1S/C22H26N4O4/c1-14-20(15(2)29-24-14)13-28-19-8-6-17(7-9-19)11-21(27)26-10-4-5-18(12-26)22-23-16(3)25-30-22/h6-9,18H,4-5,10-13H2,1-3H3. The highest BCUT2D eigenvalue weighted by molar-refractivity contribution is 5.79. The lowest BCUT2D eigenvalue weighted by Gasteiger charge is -2.31. The van der Waals surface area contributed by atoms with Crippen LogP contribution in [0.25, 0.3) is 0 Å². The number of carbonyl (C=O) groups excluding carboxylic acids is 1. The van der Waals surface area contributed by atoms with Gasteiger partial charge in [-0.1, -0.05) is 22.4 Å². The molecule has 8 nitrogen and oxygen atoms in total. The summed E-state index contributed by atoms with van der Waals surface area (Å²) in [5, 5.41) is 7.80. The molecule has 1 atom stereocenters. The van der Waals surface area contributed by atoms with Crippen LogP contribution >= 0.6 is 0 Å². The smallest absolute Gasteiger partial charge is 0.231 e. The van der Waals surface area contributed by atoms with E-state index >= 15 is 0 Å². The highest BCUT2D eigenvalue weighted by Gasteiger charge is 2.28. The number of benzene rings is 1. The van der Waals surface area contributed by atoms with Gasteiger partial charge in [0.15, 0.2) is 5.82 Å². The topological polar surface area (TPSA) is 94.5 Å². The predicted octanol–water partition coefficient (Wildman–Crippen LogP) is 3.51. The first-order valence-electron chi connectivity index (χ1n) is 10.2. The average molecular weight is 410 g/mol. The SMILES string of the molecule is Cc1noc(C2CCCN(C(=O)Cc3ccc(OCc4c(C)noc4C)cc3)C2)n1. The summed E-state index contributed by atoms with van der Waals surface area (Å²) in [6.07, 6.45) is 2.26. The fraction of sp³-hybridized carbons (Fsp3) is 0.455. The number of carbonyl (C=O) groups is 1. The first kappa shape index (κ1) is 20.1. The van der Waals surface area contributed by atoms with Crippen LogP contribution in [0, 0.1) is 20.8 Å². The van der Waals surface area contributed by atoms with Crippen LogP contribution < -0.4 is 4.74 Å². The molecule has 0 spiro atoms. The van der Waals surface area contributed by atoms with E-state index in [4.69, 9.17) is 13.8 Å². The van der Waals surface area contributed by atoms with Crippen molar-refractivity contribution in [3.05, 3.63) is 58.6 Å². The van der Waals surface area contributed by atoms with Gasteiger partial charge in [0.1, 0.15) is 18.1 Å². The number of likely N-dealkylation sites (tertiary alicyclic amines) is 1. The van der Waals surface area contributed by atoms with E-state index in [1.165, 1.54) is 0 Å². The van der Waals surface area contributed by atoms with Gasteiger partial charge in [0.2, 0.25) is 11.8 Å². The van der Waals surface area contributed by atoms with Crippen molar-refractivity contribution in [3.8, 4) is 5.75 Å². The Hall–Kier alpha value is -3.16. The predicted molar refractivity (Wildman–Crippen MR) is 108 cm³/mol. The molecule has 1 amide bonds. The number of aromatic nitrogens is 3. The molecule has 0 saturated carbocycles. The molecule has 1 saturated heterocycles. The molecule has 2 aromatic heterocycles. The molecule has 1 aromatic carbocycles. The van der Waals surface area contributed by atoms with Crippen molar-refractivity contribution in [1.82, 2.24) is 20.2 Å². The van der Waals surface area contributed by atoms with Crippen LogP contribution in [0.4, 0.5) is 0 Å². The van der Waals surface area contributed by atoms with Gasteiger partial charge in [-0.25, -0.2) is 0 Å². The molecule has 3 heterocycles. The summed E-state index contributed by atoms with van der Waals surface area (Å²) < 4.78 is 16.3. The van der Waals surface area contributed by atoms with Crippen molar-refractivity contribution in [2.45, 2.75) is 52.6 Å². The van der Waals surface area contributed by atoms with Gasteiger partial charge in [-0.3, -0.25) is 4.79 Å². The molecule has 8 heteroatoms. The molecule has 30 heavy (non-hydrogen) atoms. The van der Waals surface area contributed by atoms with Crippen LogP contribution in [-0.2, 0) is 17.8 Å². The number of piperidine rings is 1. The second kappa shape index (κ2) is 8.69. The molecule has 1 fully saturated rings. The molecule has 1 aliphatic rings. The van der Waals surface area contributed by atoms with E-state index in [2.05, 4.69) is 15.3 Å². The molecule has 1 unspecified atom stereocenters. The molecule has 4 rings (SSSR count). The van der Waals surface area contributed by atoms with Crippen molar-refractivity contribution < 1.29 is 18.6 Å². The van der Waals surface area contributed by atoms with Crippen LogP contribution in [0.1, 0.15) is 53.1 Å². The quantitative estimate of drug-likeness (QED) is 0.614. The third-order valence-electron chi connectivity index (χ3n) is 5.51. The number of amides is 1. The molecule has 3 aromatic rings. The summed E-state index contributed by atoms with van der Waals surface area (Å²) in [5.41, 5.74) is 2.76. The van der Waals surface area contributed by atoms with Crippen molar-refractivity contribution >= 4 is 5.91 Å². The normalized spacial score (nSPS) is 16.6. The lowest BCUT2D eigenvalue weighted by Crippen LogP contribution is -2.40. The number of ether oxygens (including phenoxy) is 1. The monoisotopic (exact) mass is 410 g/mol. The van der Waals surface area contributed by atoms with Gasteiger partial charge in [-0.15, -0.1) is 0 Å². The number of hydrogen-bond donors (Lipinski definition) is 0. The van der Waals surface area contributed by atoms with Crippen molar-refractivity contribution in [1.29, 1.82) is 0 Å². The Morgan fingerprint density at radius 3 is 2.63 bits per heavy atom. The maximum Gasteiger partial charge on any atom is 0.231 e. The minimum atomic E-state index is 0.111. The summed E-state index contributed by atoms with van der Waals surface area (Å²) in [7, 11) is 0. The Morgan fingerprint density at radius 1 is 1.17 bits per heavy atom. The van der Waals surface area contributed by atoms with E-state index < -0.39 is 0 Å². The Kier molecular flexibility index (Phi) is 5.83. The number of hydrogen-bond acceptors (Lipinski definition) is 7. The summed E-state index contributed by atoms with van der Waals surface area (Å²) in [4.78, 5) is 19.0. The van der Waals surface area contributed by atoms with Gasteiger partial charge >= 0.3 is 0 Å². The zero-order chi connectivity index (χ0) is 21.1. The lowest BCUT2D eigenvalue weighted by atomic mass is 9.97. The summed E-state index contributed by atoms with van der Waals surface area (Å²) in [6, 6.07) is 7.65. The molecule has 0 N–H and O–H groups in total. The average Bonchev–Trinajstić information content (AvgIpc) is 3.33. The Morgan fingerprint density at radius 2 is 1.97 bits per heavy atom. The van der Waals surface area contributed by atoms with Gasteiger partial charge in [0, 0.05) is 13.1 Å². The van der Waals surface area contributed by atoms with Crippen LogP contribution in [0.2, 0.25) is 0 Å². The minimum absolute atomic E-state index is 0.111. The number of nitrogens with zero attached hydrogens (tertiary/aromatic N) is 4. The van der Waals surface area contributed by atoms with Crippen molar-refractivity contribution in [3.63, 3.8) is 0 Å². The van der Waals surface area contributed by atoms with Gasteiger partial charge in [-0.05, 0) is 51.3 Å². The Balaban J connectivity index is 1.32. The molecule has 0 radical (unpaired) electrons. The minimum Gasteiger partial charge on any atom is -0.489 e. The van der Waals surface area contributed by atoms with Crippen LogP contribution in [0.15, 0.2) is 33.3 Å². The molecule has 0 aliphatic carbocycles. The van der Waals surface area contributed by atoms with Crippen LogP contribution in [0.5, 0.6) is 5.75 Å². The number of rotatable bonds is 6. The van der Waals surface area contributed by atoms with E-state index in [9.17, 15) is 4.79 Å². The Labute approximate surface area is 175 Å². The molecular weight excluding hydrogens is 384 g/mol. The second-order valence-corrected chi connectivity index (χ2v) is 7.77. The maximum absolute atomic E-state index is 12.8. The van der Waals surface area contributed by atoms with Gasteiger partial charge in [0.25, 0.3) is 0 Å². The zero-order valence-corrected chi connectivity index (χ0v) is 17.6. The van der Waals surface area contributed by atoms with Gasteiger partial charge < -0.3 is 18.7 Å². The lowest BCUT2D eigenvalue weighted by molar-refractivity contribution is -0.131. The third kappa shape index (κ3) is 4.53. The highest BCUT2D eigenvalue weighted by Crippen LogP contribution is 2.26. The van der Waals surface area contributed by atoms with Gasteiger partial charge in [-0.2, -0.15) is 4.98 Å². The van der Waals surface area contributed by atoms with Crippen LogP contribution in [-0.4, -0.2) is 39.2 Å². The first-order valence-corrected chi connectivity index (χ1v) is 10.2.